The molecule has 87 heavy (non-hydrogen) atoms. The fourth-order valence-corrected chi connectivity index (χ4v) is 12.1. The maximum absolute atomic E-state index is 14.7. The molecule has 0 aliphatic carbocycles. The van der Waals surface area contributed by atoms with E-state index in [1.54, 1.807) is 39.0 Å². The maximum atomic E-state index is 14.7. The number of H-pyrrole nitrogens is 1. The van der Waals surface area contributed by atoms with Crippen LogP contribution >= 0.6 is 15.9 Å². The van der Waals surface area contributed by atoms with Crippen molar-refractivity contribution in [2.24, 2.45) is 17.6 Å². The van der Waals surface area contributed by atoms with Crippen LogP contribution in [0, 0.1) is 11.8 Å². The van der Waals surface area contributed by atoms with Crippen LogP contribution in [-0.4, -0.2) is 163 Å². The number of aromatic amines is 1. The Hall–Kier alpha value is -8.48. The number of likely N-dealkylation sites (N-methyl/N-ethyl adjacent to an activating group) is 1. The van der Waals surface area contributed by atoms with Crippen LogP contribution in [0.1, 0.15) is 91.9 Å². The zero-order valence-corrected chi connectivity index (χ0v) is 50.7. The third-order valence-electron chi connectivity index (χ3n) is 16.3. The average Bonchev–Trinajstić information content (AvgIpc) is 1.69. The molecule has 460 valence electrons. The number of nitrogens with one attached hydrogen (secondary N) is 5. The number of anilines is 3. The number of nitrogens with zero attached hydrogens (tertiary/aromatic N) is 5. The summed E-state index contributed by atoms with van der Waals surface area (Å²) in [5.41, 5.74) is 10.7. The second-order valence-corrected chi connectivity index (χ2v) is 23.4. The maximum Gasteiger partial charge on any atom is 0.415 e. The van der Waals surface area contributed by atoms with E-state index in [0.717, 1.165) is 50.8 Å². The number of rotatable bonds is 26. The summed E-state index contributed by atoms with van der Waals surface area (Å²) in [6.07, 6.45) is 3.30. The van der Waals surface area contributed by atoms with E-state index in [1.165, 1.54) is 12.2 Å². The molecule has 9 amide bonds. The van der Waals surface area contributed by atoms with E-state index >= 15 is 0 Å². The first kappa shape index (κ1) is 63.0. The first-order chi connectivity index (χ1) is 41.9. The molecule has 4 aliphatic rings. The van der Waals surface area contributed by atoms with Gasteiger partial charge in [-0.3, -0.25) is 43.4 Å². The van der Waals surface area contributed by atoms with Gasteiger partial charge in [-0.1, -0.05) is 66.2 Å². The number of benzene rings is 4. The van der Waals surface area contributed by atoms with Crippen LogP contribution in [-0.2, 0) is 46.5 Å². The second-order valence-electron chi connectivity index (χ2n) is 22.8. The molecule has 0 radical (unpaired) electrons. The number of carbonyl (C=O) groups is 10. The molecule has 1 saturated heterocycles. The van der Waals surface area contributed by atoms with Crippen LogP contribution in [0.3, 0.4) is 0 Å². The molecule has 0 bridgehead atoms. The lowest BCUT2D eigenvalue weighted by molar-refractivity contribution is -0.137. The number of imide groups is 1. The lowest BCUT2D eigenvalue weighted by Gasteiger charge is -2.31. The Labute approximate surface area is 512 Å². The van der Waals surface area contributed by atoms with E-state index in [2.05, 4.69) is 47.1 Å². The number of aromatic nitrogens is 1. The van der Waals surface area contributed by atoms with Crippen LogP contribution in [0.2, 0.25) is 0 Å². The molecule has 4 aliphatic heterocycles. The third kappa shape index (κ3) is 15.4. The minimum Gasteiger partial charge on any atom is -0.444 e. The highest BCUT2D eigenvalue weighted by molar-refractivity contribution is 9.09. The molecule has 5 aromatic rings. The number of alkyl halides is 1. The fraction of sp³-hybridized carbons (Fsp3) is 0.429. The number of fused-ring (bicyclic) bond motifs is 6. The van der Waals surface area contributed by atoms with E-state index < -0.39 is 47.9 Å². The van der Waals surface area contributed by atoms with Gasteiger partial charge in [0.15, 0.2) is 5.78 Å². The largest absolute Gasteiger partial charge is 0.444 e. The first-order valence-corrected chi connectivity index (χ1v) is 30.7. The van der Waals surface area contributed by atoms with Gasteiger partial charge in [-0.05, 0) is 97.5 Å². The summed E-state index contributed by atoms with van der Waals surface area (Å²) in [5, 5.41) is 14.4. The van der Waals surface area contributed by atoms with Crippen LogP contribution < -0.4 is 41.5 Å². The van der Waals surface area contributed by atoms with Crippen molar-refractivity contribution in [2.75, 3.05) is 92.9 Å². The smallest absolute Gasteiger partial charge is 0.415 e. The highest BCUT2D eigenvalue weighted by atomic mass is 79.9. The highest BCUT2D eigenvalue weighted by Crippen LogP contribution is 2.47. The Morgan fingerprint density at radius 3 is 2.22 bits per heavy atom. The van der Waals surface area contributed by atoms with E-state index in [4.69, 9.17) is 15.2 Å². The van der Waals surface area contributed by atoms with Crippen molar-refractivity contribution in [1.82, 2.24) is 35.6 Å². The second kappa shape index (κ2) is 28.8. The number of urea groups is 1. The van der Waals surface area contributed by atoms with Crippen molar-refractivity contribution in [2.45, 2.75) is 83.8 Å². The molecule has 0 saturated carbocycles. The molecule has 24 heteroatoms. The van der Waals surface area contributed by atoms with Crippen molar-refractivity contribution in [3.63, 3.8) is 0 Å². The van der Waals surface area contributed by atoms with Crippen molar-refractivity contribution in [3.05, 3.63) is 107 Å². The molecule has 3 atom stereocenters. The molecular formula is C63H74BrN11O12. The molecule has 0 spiro atoms. The van der Waals surface area contributed by atoms with Crippen LogP contribution in [0.4, 0.5) is 31.4 Å². The normalized spacial score (nSPS) is 16.3. The number of amides is 9. The van der Waals surface area contributed by atoms with Crippen LogP contribution in [0.15, 0.2) is 84.9 Å². The quantitative estimate of drug-likeness (QED) is 0.0192. The number of nitrogens with two attached hydrogens (primary N) is 1. The fourth-order valence-electron chi connectivity index (χ4n) is 11.6. The Morgan fingerprint density at radius 1 is 0.782 bits per heavy atom. The van der Waals surface area contributed by atoms with E-state index in [9.17, 15) is 47.9 Å². The van der Waals surface area contributed by atoms with Gasteiger partial charge in [-0.2, -0.15) is 0 Å². The molecule has 4 aromatic carbocycles. The number of hydrogen-bond donors (Lipinski definition) is 6. The summed E-state index contributed by atoms with van der Waals surface area (Å²) >= 11 is 3.70. The van der Waals surface area contributed by atoms with Gasteiger partial charge < -0.3 is 56.2 Å². The zero-order chi connectivity index (χ0) is 61.9. The molecule has 1 fully saturated rings. The monoisotopic (exact) mass is 1260 g/mol. The first-order valence-electron chi connectivity index (χ1n) is 29.6. The van der Waals surface area contributed by atoms with Gasteiger partial charge in [0.25, 0.3) is 17.7 Å². The Balaban J connectivity index is 0.771. The summed E-state index contributed by atoms with van der Waals surface area (Å²) in [4.78, 5) is 141. The van der Waals surface area contributed by atoms with Gasteiger partial charge in [-0.25, -0.2) is 14.4 Å². The molecule has 0 unspecified atom stereocenters. The predicted molar refractivity (Wildman–Crippen MR) is 331 cm³/mol. The van der Waals surface area contributed by atoms with Gasteiger partial charge in [-0.15, -0.1) is 0 Å². The zero-order valence-electron chi connectivity index (χ0n) is 49.1. The number of ketones is 2. The van der Waals surface area contributed by atoms with E-state index in [1.807, 2.05) is 69.4 Å². The lowest BCUT2D eigenvalue weighted by Crippen LogP contribution is -2.48. The van der Waals surface area contributed by atoms with Gasteiger partial charge in [0.2, 0.25) is 11.8 Å². The topological polar surface area (TPSA) is 295 Å². The molecule has 23 nitrogen and oxygen atoms in total. The van der Waals surface area contributed by atoms with Crippen LogP contribution in [0.5, 0.6) is 5.75 Å². The van der Waals surface area contributed by atoms with Gasteiger partial charge >= 0.3 is 18.2 Å². The summed E-state index contributed by atoms with van der Waals surface area (Å²) in [6, 6.07) is 20.5. The Kier molecular flexibility index (Phi) is 20.9. The average molecular weight is 1260 g/mol. The summed E-state index contributed by atoms with van der Waals surface area (Å²) < 4.78 is 11.9. The van der Waals surface area contributed by atoms with E-state index in [-0.39, 0.29) is 93.7 Å². The number of ether oxygens (including phenoxy) is 2. The van der Waals surface area contributed by atoms with Crippen molar-refractivity contribution in [3.8, 4) is 5.75 Å². The highest BCUT2D eigenvalue weighted by Gasteiger charge is 2.37. The lowest BCUT2D eigenvalue weighted by atomic mass is 9.89. The minimum absolute atomic E-state index is 0.0253. The number of halogens is 1. The van der Waals surface area contributed by atoms with Crippen molar-refractivity contribution >= 4 is 114 Å². The van der Waals surface area contributed by atoms with E-state index in [0.29, 0.717) is 91.3 Å². The van der Waals surface area contributed by atoms with Crippen molar-refractivity contribution < 1.29 is 57.4 Å². The molecular weight excluding hydrogens is 1180 g/mol. The summed E-state index contributed by atoms with van der Waals surface area (Å²) in [7, 11) is 2.02. The minimum atomic E-state index is -0.804. The number of hydrogen-bond acceptors (Lipinski definition) is 14. The molecule has 9 rings (SSSR count). The summed E-state index contributed by atoms with van der Waals surface area (Å²) in [5.74, 6) is -2.84. The third-order valence-corrected chi connectivity index (χ3v) is 17.1. The predicted octanol–water partition coefficient (Wildman–Crippen LogP) is 6.65. The molecule has 7 N–H and O–H groups in total. The molecule has 1 aromatic heterocycles. The van der Waals surface area contributed by atoms with Gasteiger partial charge in [0.1, 0.15) is 23.8 Å². The van der Waals surface area contributed by atoms with Gasteiger partial charge in [0, 0.05) is 136 Å². The standard InChI is InChI=1S/C63H74BrN11O12/c1-38(2)58(68-35-43(76)10-7-23-66-54(78)13-8-25-74-55(79)20-21-56(74)80)52(77)31-40(9-6-24-67-61(65)83)59(81)69-42-16-14-39(15-17-42)37-86-63(85)73-26-22-44-47-32-49(70-48(47)18-19-50(44)73)60(82)75-36-41(34-64)57-46-12-5-4-11-45(46)53(33-51(57)75)87-62(84)72-29-27-71(3)28-30-72/h4-5,11-12,14-21,32-33,38,40-41,58,68,70H,6-10,13,22-31,34-37H2,1-3H3,(H,66,78)(H,69,81)(H3,65,67,83)/t40-,41-,58+/m1/s1. The van der Waals surface area contributed by atoms with Crippen LogP contribution in [0.25, 0.3) is 21.7 Å². The number of carbonyl (C=O) groups excluding carboxylic acids is 10. The number of Topliss-reactive ketones (excluding diaryl/α,β-unsaturated/α-hetero) is 2. The van der Waals surface area contributed by atoms with Gasteiger partial charge in [0.05, 0.1) is 24.0 Å². The molecule has 5 heterocycles. The number of primary amides is 1. The van der Waals surface area contributed by atoms with Crippen molar-refractivity contribution in [1.29, 1.82) is 0 Å². The Morgan fingerprint density at radius 2 is 1.51 bits per heavy atom. The summed E-state index contributed by atoms with van der Waals surface area (Å²) in [6.45, 7) is 7.45. The SMILES string of the molecule is CC(C)[C@H](NCC(=O)CCCNC(=O)CCCN1C(=O)C=CC1=O)C(=O)C[C@@H](CCCNC(N)=O)C(=O)Nc1ccc(COC(=O)N2CCc3c2ccc2[nH]c(C(=O)N4C[C@@H](CBr)c5c4cc(OC(=O)N4CCN(C)CC4)c4ccccc54)cc32)cc1. The Bertz CT molecular complexity index is 3470. The number of piperazine rings is 1.